The van der Waals surface area contributed by atoms with Gasteiger partial charge in [-0.2, -0.15) is 5.26 Å². The Bertz CT molecular complexity index is 906. The van der Waals surface area contributed by atoms with Gasteiger partial charge in [0.15, 0.2) is 0 Å². The molecule has 0 radical (unpaired) electrons. The monoisotopic (exact) mass is 385 g/mol. The first-order chi connectivity index (χ1) is 12.9. The molecule has 2 rings (SSSR count). The predicted octanol–water partition coefficient (Wildman–Crippen LogP) is 2.78. The molecule has 0 aromatic heterocycles. The number of amides is 1. The predicted molar refractivity (Wildman–Crippen MR) is 106 cm³/mol. The largest absolute Gasteiger partial charge is 0.325 e. The van der Waals surface area contributed by atoms with Crippen LogP contribution < -0.4 is 5.32 Å². The van der Waals surface area contributed by atoms with Crippen LogP contribution in [0, 0.1) is 11.3 Å². The maximum Gasteiger partial charge on any atom is 0.225 e. The second-order valence-corrected chi connectivity index (χ2v) is 8.19. The molecule has 0 saturated heterocycles. The number of hydrogen-bond donors (Lipinski definition) is 1. The highest BCUT2D eigenvalue weighted by Gasteiger charge is 2.18. The quantitative estimate of drug-likeness (QED) is 0.719. The third-order valence-electron chi connectivity index (χ3n) is 4.09. The van der Waals surface area contributed by atoms with Gasteiger partial charge >= 0.3 is 0 Å². The first-order valence-electron chi connectivity index (χ1n) is 8.68. The number of nitrogens with one attached hydrogen (secondary N) is 1. The van der Waals surface area contributed by atoms with Gasteiger partial charge in [-0.05, 0) is 30.5 Å². The Morgan fingerprint density at radius 2 is 1.74 bits per heavy atom. The Labute approximate surface area is 160 Å². The maximum atomic E-state index is 12.2. The molecule has 0 saturated carbocycles. The number of para-hydroxylation sites is 1. The molecule has 0 fully saturated rings. The van der Waals surface area contributed by atoms with Crippen LogP contribution in [-0.2, 0) is 21.2 Å². The highest BCUT2D eigenvalue weighted by atomic mass is 32.2. The van der Waals surface area contributed by atoms with Crippen molar-refractivity contribution >= 4 is 21.6 Å². The number of carbonyl (C=O) groups excluding carboxylic acids is 1. The molecular formula is C20H23N3O3S. The van der Waals surface area contributed by atoms with Crippen LogP contribution in [0.1, 0.15) is 24.0 Å². The number of sulfonamides is 1. The van der Waals surface area contributed by atoms with Gasteiger partial charge in [-0.1, -0.05) is 42.5 Å². The van der Waals surface area contributed by atoms with Crippen LogP contribution >= 0.6 is 0 Å². The minimum absolute atomic E-state index is 0.0260. The normalized spacial score (nSPS) is 11.1. The number of benzene rings is 2. The Balaban J connectivity index is 1.88. The Morgan fingerprint density at radius 1 is 1.07 bits per heavy atom. The summed E-state index contributed by atoms with van der Waals surface area (Å²) in [6.07, 6.45) is 2.63. The van der Waals surface area contributed by atoms with Crippen LogP contribution in [0.15, 0.2) is 54.6 Å². The number of nitriles is 1. The molecule has 0 unspecified atom stereocenters. The van der Waals surface area contributed by atoms with E-state index in [2.05, 4.69) is 5.32 Å². The number of carbonyl (C=O) groups is 1. The van der Waals surface area contributed by atoms with E-state index in [9.17, 15) is 13.2 Å². The third-order valence-corrected chi connectivity index (χ3v) is 5.40. The number of anilines is 1. The summed E-state index contributed by atoms with van der Waals surface area (Å²) in [5.41, 5.74) is 1.95. The molecule has 0 heterocycles. The molecule has 1 N–H and O–H groups in total. The molecule has 0 spiro atoms. The zero-order chi connectivity index (χ0) is 19.7. The smallest absolute Gasteiger partial charge is 0.225 e. The molecule has 2 aromatic carbocycles. The number of nitrogens with zero attached hydrogens (tertiary/aromatic N) is 2. The fourth-order valence-electron chi connectivity index (χ4n) is 2.68. The molecule has 0 aliphatic heterocycles. The Kier molecular flexibility index (Phi) is 7.53. The van der Waals surface area contributed by atoms with E-state index in [4.69, 9.17) is 5.26 Å². The van der Waals surface area contributed by atoms with Crippen LogP contribution in [0.5, 0.6) is 0 Å². The Morgan fingerprint density at radius 3 is 2.41 bits per heavy atom. The summed E-state index contributed by atoms with van der Waals surface area (Å²) in [5.74, 6) is -0.325. The summed E-state index contributed by atoms with van der Waals surface area (Å²) in [4.78, 5) is 12.2. The highest BCUT2D eigenvalue weighted by molar-refractivity contribution is 7.88. The van der Waals surface area contributed by atoms with Crippen molar-refractivity contribution in [2.45, 2.75) is 19.3 Å². The van der Waals surface area contributed by atoms with Crippen molar-refractivity contribution in [1.29, 1.82) is 5.26 Å². The fourth-order valence-corrected chi connectivity index (χ4v) is 3.56. The molecule has 7 heteroatoms. The van der Waals surface area contributed by atoms with Gasteiger partial charge in [0.25, 0.3) is 0 Å². The molecule has 1 amide bonds. The van der Waals surface area contributed by atoms with Crippen molar-refractivity contribution < 1.29 is 13.2 Å². The summed E-state index contributed by atoms with van der Waals surface area (Å²) in [6.45, 7) is 0.462. The van der Waals surface area contributed by atoms with E-state index < -0.39 is 10.0 Å². The number of rotatable bonds is 9. The molecule has 0 aliphatic rings. The van der Waals surface area contributed by atoms with Crippen molar-refractivity contribution in [2.24, 2.45) is 0 Å². The summed E-state index contributed by atoms with van der Waals surface area (Å²) in [5, 5.41) is 11.7. The number of hydrogen-bond acceptors (Lipinski definition) is 4. The van der Waals surface area contributed by atoms with Gasteiger partial charge in [-0.15, -0.1) is 0 Å². The summed E-state index contributed by atoms with van der Waals surface area (Å²) in [6, 6.07) is 18.6. The minimum atomic E-state index is -3.40. The summed E-state index contributed by atoms with van der Waals surface area (Å²) >= 11 is 0. The van der Waals surface area contributed by atoms with Gasteiger partial charge in [-0.3, -0.25) is 4.79 Å². The van der Waals surface area contributed by atoms with Crippen molar-refractivity contribution in [3.63, 3.8) is 0 Å². The first kappa shape index (κ1) is 20.6. The molecule has 0 atom stereocenters. The van der Waals surface area contributed by atoms with Gasteiger partial charge < -0.3 is 5.32 Å². The molecule has 0 bridgehead atoms. The standard InChI is InChI=1S/C20H23N3O3S/c1-27(25,26)23(14-7-10-17-8-3-2-4-9-17)15-13-20(24)22-19-12-6-5-11-18(19)16-21/h2-6,8-9,11-12H,7,10,13-15H2,1H3,(H,22,24). The van der Waals surface area contributed by atoms with Gasteiger partial charge in [0.1, 0.15) is 6.07 Å². The SMILES string of the molecule is CS(=O)(=O)N(CCCc1ccccc1)CCC(=O)Nc1ccccc1C#N. The van der Waals surface area contributed by atoms with E-state index >= 15 is 0 Å². The Hall–Kier alpha value is -2.69. The lowest BCUT2D eigenvalue weighted by atomic mass is 10.1. The first-order valence-corrected chi connectivity index (χ1v) is 10.5. The van der Waals surface area contributed by atoms with Gasteiger partial charge in [0.2, 0.25) is 15.9 Å². The van der Waals surface area contributed by atoms with Crippen LogP contribution in [-0.4, -0.2) is 38.0 Å². The fraction of sp³-hybridized carbons (Fsp3) is 0.300. The molecule has 2 aromatic rings. The summed E-state index contributed by atoms with van der Waals surface area (Å²) in [7, 11) is -3.40. The van der Waals surface area contributed by atoms with E-state index in [0.717, 1.165) is 18.2 Å². The van der Waals surface area contributed by atoms with Crippen molar-refractivity contribution in [3.05, 3.63) is 65.7 Å². The molecule has 27 heavy (non-hydrogen) atoms. The topological polar surface area (TPSA) is 90.3 Å². The van der Waals surface area contributed by atoms with Crippen molar-refractivity contribution in [1.82, 2.24) is 4.31 Å². The summed E-state index contributed by atoms with van der Waals surface area (Å²) < 4.78 is 25.3. The molecule has 142 valence electrons. The van der Waals surface area contributed by atoms with Crippen LogP contribution in [0.2, 0.25) is 0 Å². The maximum absolute atomic E-state index is 12.2. The average molecular weight is 385 g/mol. The van der Waals surface area contributed by atoms with E-state index in [1.54, 1.807) is 24.3 Å². The zero-order valence-electron chi connectivity index (χ0n) is 15.3. The second-order valence-electron chi connectivity index (χ2n) is 6.21. The zero-order valence-corrected chi connectivity index (χ0v) is 16.1. The van der Waals surface area contributed by atoms with E-state index in [1.165, 1.54) is 4.31 Å². The lowest BCUT2D eigenvalue weighted by molar-refractivity contribution is -0.116. The molecule has 0 aliphatic carbocycles. The van der Waals surface area contributed by atoms with Crippen molar-refractivity contribution in [2.75, 3.05) is 24.7 Å². The lowest BCUT2D eigenvalue weighted by Gasteiger charge is -2.19. The highest BCUT2D eigenvalue weighted by Crippen LogP contribution is 2.14. The lowest BCUT2D eigenvalue weighted by Crippen LogP contribution is -2.34. The average Bonchev–Trinajstić information content (AvgIpc) is 2.64. The van der Waals surface area contributed by atoms with Crippen molar-refractivity contribution in [3.8, 4) is 6.07 Å². The van der Waals surface area contributed by atoms with E-state index in [1.807, 2.05) is 36.4 Å². The van der Waals surface area contributed by atoms with Gasteiger partial charge in [0.05, 0.1) is 17.5 Å². The van der Waals surface area contributed by atoms with Crippen LogP contribution in [0.3, 0.4) is 0 Å². The number of aryl methyl sites for hydroxylation is 1. The van der Waals surface area contributed by atoms with Gasteiger partial charge in [-0.25, -0.2) is 12.7 Å². The third kappa shape index (κ3) is 6.85. The molecular weight excluding hydrogens is 362 g/mol. The minimum Gasteiger partial charge on any atom is -0.325 e. The van der Waals surface area contributed by atoms with E-state index in [-0.39, 0.29) is 18.9 Å². The van der Waals surface area contributed by atoms with Gasteiger partial charge in [0, 0.05) is 19.5 Å². The second kappa shape index (κ2) is 9.86. The van der Waals surface area contributed by atoms with E-state index in [0.29, 0.717) is 24.2 Å². The molecule has 6 nitrogen and oxygen atoms in total. The van der Waals surface area contributed by atoms with Crippen LogP contribution in [0.4, 0.5) is 5.69 Å². The van der Waals surface area contributed by atoms with Crippen LogP contribution in [0.25, 0.3) is 0 Å².